The third kappa shape index (κ3) is 5.77. The third-order valence-corrected chi connectivity index (χ3v) is 8.45. The third-order valence-electron chi connectivity index (χ3n) is 8.45. The zero-order valence-electron chi connectivity index (χ0n) is 18.8. The highest BCUT2D eigenvalue weighted by Crippen LogP contribution is 2.38. The summed E-state index contributed by atoms with van der Waals surface area (Å²) in [5.74, 6) is 2.36. The van der Waals surface area contributed by atoms with E-state index in [4.69, 9.17) is 17.2 Å². The minimum absolute atomic E-state index is 0.398. The molecule has 168 valence electrons. The number of nitrogens with one attached hydrogen (secondary N) is 1. The van der Waals surface area contributed by atoms with E-state index in [1.165, 1.54) is 76.2 Å². The molecule has 0 amide bonds. The quantitative estimate of drug-likeness (QED) is 0.501. The minimum atomic E-state index is 0.398. The molecule has 0 spiro atoms. The van der Waals surface area contributed by atoms with Crippen LogP contribution in [-0.2, 0) is 0 Å². The van der Waals surface area contributed by atoms with Gasteiger partial charge in [-0.3, -0.25) is 0 Å². The fraction of sp³-hybridized carbons (Fsp3) is 0.769. The number of benzene rings is 1. The first kappa shape index (κ1) is 22.1. The number of nitrogens with two attached hydrogens (primary N) is 3. The Hall–Kier alpha value is -1.10. The van der Waals surface area contributed by atoms with E-state index in [2.05, 4.69) is 29.6 Å². The van der Waals surface area contributed by atoms with Crippen LogP contribution in [-0.4, -0.2) is 18.1 Å². The molecule has 0 saturated heterocycles. The van der Waals surface area contributed by atoms with Crippen LogP contribution in [0.3, 0.4) is 0 Å². The smallest absolute Gasteiger partial charge is 0.0351 e. The normalized spacial score (nSPS) is 36.3. The molecule has 1 aromatic rings. The maximum Gasteiger partial charge on any atom is 0.0351 e. The Morgan fingerprint density at radius 1 is 0.800 bits per heavy atom. The van der Waals surface area contributed by atoms with Crippen molar-refractivity contribution < 1.29 is 0 Å². The predicted octanol–water partition coefficient (Wildman–Crippen LogP) is 4.88. The van der Waals surface area contributed by atoms with E-state index in [-0.39, 0.29) is 0 Å². The molecule has 0 aliphatic heterocycles. The van der Waals surface area contributed by atoms with Crippen molar-refractivity contribution in [1.82, 2.24) is 5.32 Å². The van der Waals surface area contributed by atoms with Crippen LogP contribution in [0.1, 0.15) is 95.1 Å². The van der Waals surface area contributed by atoms with Crippen LogP contribution in [0.2, 0.25) is 0 Å². The van der Waals surface area contributed by atoms with Gasteiger partial charge in [0.25, 0.3) is 0 Å². The second kappa shape index (κ2) is 10.5. The van der Waals surface area contributed by atoms with E-state index >= 15 is 0 Å². The largest absolute Gasteiger partial charge is 0.399 e. The lowest BCUT2D eigenvalue weighted by molar-refractivity contribution is 0.181. The molecule has 3 aliphatic carbocycles. The van der Waals surface area contributed by atoms with Crippen molar-refractivity contribution in [2.24, 2.45) is 29.2 Å². The van der Waals surface area contributed by atoms with Gasteiger partial charge in [0.15, 0.2) is 0 Å². The number of rotatable bonds is 6. The SMILES string of the molecule is Nc1ccc(C(NC2CCC(CC3CCCCC3N)CC2)C2CCC(N)CC2)cc1. The Bertz CT molecular complexity index is 629. The molecule has 30 heavy (non-hydrogen) atoms. The predicted molar refractivity (Wildman–Crippen MR) is 127 cm³/mol. The summed E-state index contributed by atoms with van der Waals surface area (Å²) in [6, 6.07) is 10.5. The summed E-state index contributed by atoms with van der Waals surface area (Å²) in [6.45, 7) is 0. The van der Waals surface area contributed by atoms with Crippen LogP contribution in [0, 0.1) is 17.8 Å². The van der Waals surface area contributed by atoms with Crippen molar-refractivity contribution >= 4 is 5.69 Å². The average Bonchev–Trinajstić information content (AvgIpc) is 2.76. The van der Waals surface area contributed by atoms with E-state index in [1.54, 1.807) is 0 Å². The van der Waals surface area contributed by atoms with Gasteiger partial charge in [0.05, 0.1) is 0 Å². The first-order valence-corrected chi connectivity index (χ1v) is 12.7. The lowest BCUT2D eigenvalue weighted by atomic mass is 9.74. The molecule has 3 saturated carbocycles. The highest BCUT2D eigenvalue weighted by molar-refractivity contribution is 5.40. The summed E-state index contributed by atoms with van der Waals surface area (Å²) in [5.41, 5.74) is 20.8. The Labute approximate surface area is 183 Å². The summed E-state index contributed by atoms with van der Waals surface area (Å²) in [7, 11) is 0. The Balaban J connectivity index is 1.33. The minimum Gasteiger partial charge on any atom is -0.399 e. The van der Waals surface area contributed by atoms with Crippen molar-refractivity contribution in [3.63, 3.8) is 0 Å². The molecule has 4 heteroatoms. The molecule has 7 N–H and O–H groups in total. The summed E-state index contributed by atoms with van der Waals surface area (Å²) >= 11 is 0. The van der Waals surface area contributed by atoms with E-state index in [0.29, 0.717) is 30.1 Å². The molecule has 0 bridgehead atoms. The monoisotopic (exact) mass is 412 g/mol. The number of nitrogen functional groups attached to an aromatic ring is 1. The maximum atomic E-state index is 6.43. The fourth-order valence-corrected chi connectivity index (χ4v) is 6.46. The molecule has 3 atom stereocenters. The second-order valence-corrected chi connectivity index (χ2v) is 10.6. The topological polar surface area (TPSA) is 90.1 Å². The van der Waals surface area contributed by atoms with E-state index in [0.717, 1.165) is 30.4 Å². The molecule has 3 unspecified atom stereocenters. The van der Waals surface area contributed by atoms with Crippen molar-refractivity contribution in [2.45, 2.75) is 108 Å². The van der Waals surface area contributed by atoms with Gasteiger partial charge in [0, 0.05) is 29.9 Å². The summed E-state index contributed by atoms with van der Waals surface area (Å²) in [6.07, 6.45) is 16.9. The Morgan fingerprint density at radius 2 is 1.47 bits per heavy atom. The molecule has 3 fully saturated rings. The van der Waals surface area contributed by atoms with Crippen LogP contribution < -0.4 is 22.5 Å². The zero-order valence-corrected chi connectivity index (χ0v) is 18.8. The first-order valence-electron chi connectivity index (χ1n) is 12.7. The number of hydrogen-bond acceptors (Lipinski definition) is 4. The van der Waals surface area contributed by atoms with Gasteiger partial charge in [0.2, 0.25) is 0 Å². The lowest BCUT2D eigenvalue weighted by Crippen LogP contribution is -2.41. The molecular formula is C26H44N4. The molecule has 0 radical (unpaired) electrons. The van der Waals surface area contributed by atoms with E-state index < -0.39 is 0 Å². The standard InChI is InChI=1S/C26H44N4/c27-22-11-7-19(8-12-22)26(20-9-13-23(28)14-10-20)30-24-15-5-18(6-16-24)17-21-3-1-2-4-25(21)29/h7-8,11-12,18,20-21,23-26,30H,1-6,9-10,13-17,27-29H2. The fourth-order valence-electron chi connectivity index (χ4n) is 6.46. The Kier molecular flexibility index (Phi) is 7.72. The van der Waals surface area contributed by atoms with Gasteiger partial charge in [-0.05, 0) is 106 Å². The van der Waals surface area contributed by atoms with Crippen molar-refractivity contribution in [3.8, 4) is 0 Å². The van der Waals surface area contributed by atoms with Gasteiger partial charge >= 0.3 is 0 Å². The second-order valence-electron chi connectivity index (χ2n) is 10.6. The maximum absolute atomic E-state index is 6.43. The number of anilines is 1. The molecule has 3 aliphatic rings. The van der Waals surface area contributed by atoms with E-state index in [1.807, 2.05) is 0 Å². The lowest BCUT2D eigenvalue weighted by Gasteiger charge is -2.39. The summed E-state index contributed by atoms with van der Waals surface area (Å²) < 4.78 is 0. The summed E-state index contributed by atoms with van der Waals surface area (Å²) in [5, 5.41) is 4.10. The van der Waals surface area contributed by atoms with Crippen molar-refractivity contribution in [1.29, 1.82) is 0 Å². The zero-order chi connectivity index (χ0) is 20.9. The van der Waals surface area contributed by atoms with Crippen LogP contribution in [0.15, 0.2) is 24.3 Å². The highest BCUT2D eigenvalue weighted by Gasteiger charge is 2.32. The Morgan fingerprint density at radius 3 is 2.13 bits per heavy atom. The molecular weight excluding hydrogens is 368 g/mol. The summed E-state index contributed by atoms with van der Waals surface area (Å²) in [4.78, 5) is 0. The van der Waals surface area contributed by atoms with E-state index in [9.17, 15) is 0 Å². The molecule has 4 rings (SSSR count). The average molecular weight is 413 g/mol. The van der Waals surface area contributed by atoms with Crippen LogP contribution in [0.4, 0.5) is 5.69 Å². The van der Waals surface area contributed by atoms with Crippen LogP contribution >= 0.6 is 0 Å². The van der Waals surface area contributed by atoms with Crippen molar-refractivity contribution in [2.75, 3.05) is 5.73 Å². The highest BCUT2D eigenvalue weighted by atomic mass is 15.0. The van der Waals surface area contributed by atoms with Gasteiger partial charge in [-0.15, -0.1) is 0 Å². The van der Waals surface area contributed by atoms with Gasteiger partial charge in [0.1, 0.15) is 0 Å². The van der Waals surface area contributed by atoms with Crippen LogP contribution in [0.25, 0.3) is 0 Å². The number of hydrogen-bond donors (Lipinski definition) is 4. The van der Waals surface area contributed by atoms with Gasteiger partial charge in [-0.2, -0.15) is 0 Å². The first-order chi connectivity index (χ1) is 14.6. The van der Waals surface area contributed by atoms with Crippen molar-refractivity contribution in [3.05, 3.63) is 29.8 Å². The van der Waals surface area contributed by atoms with Crippen LogP contribution in [0.5, 0.6) is 0 Å². The van der Waals surface area contributed by atoms with Gasteiger partial charge < -0.3 is 22.5 Å². The van der Waals surface area contributed by atoms with Gasteiger partial charge in [-0.1, -0.05) is 25.0 Å². The molecule has 4 nitrogen and oxygen atoms in total. The molecule has 0 aromatic heterocycles. The van der Waals surface area contributed by atoms with Gasteiger partial charge in [-0.25, -0.2) is 0 Å². The molecule has 1 aromatic carbocycles. The molecule has 0 heterocycles.